The lowest BCUT2D eigenvalue weighted by atomic mass is 10.0. The summed E-state index contributed by atoms with van der Waals surface area (Å²) in [4.78, 5) is 18.6. The Morgan fingerprint density at radius 3 is 2.57 bits per heavy atom. The van der Waals surface area contributed by atoms with Crippen LogP contribution in [0.25, 0.3) is 0 Å². The largest absolute Gasteiger partial charge is 0.357 e. The van der Waals surface area contributed by atoms with E-state index in [2.05, 4.69) is 34.4 Å². The highest BCUT2D eigenvalue weighted by Crippen LogP contribution is 2.15. The van der Waals surface area contributed by atoms with Crippen molar-refractivity contribution in [1.29, 1.82) is 0 Å². The monoisotopic (exact) mass is 410 g/mol. The van der Waals surface area contributed by atoms with Gasteiger partial charge in [-0.3, -0.25) is 4.79 Å². The van der Waals surface area contributed by atoms with Crippen LogP contribution in [0.4, 0.5) is 0 Å². The molecular weight excluding hydrogens is 379 g/mol. The molecule has 0 aromatic rings. The Labute approximate surface area is 146 Å². The Morgan fingerprint density at radius 1 is 1.38 bits per heavy atom. The molecule has 1 unspecified atom stereocenters. The molecule has 0 aliphatic carbocycles. The summed E-state index contributed by atoms with van der Waals surface area (Å²) >= 11 is 0. The Kier molecular flexibility index (Phi) is 9.24. The second-order valence-electron chi connectivity index (χ2n) is 6.66. The number of carbonyl (C=O) groups is 1. The molecule has 1 heterocycles. The van der Waals surface area contributed by atoms with Crippen LogP contribution < -0.4 is 10.6 Å². The fourth-order valence-corrected chi connectivity index (χ4v) is 2.41. The van der Waals surface area contributed by atoms with Gasteiger partial charge in [-0.15, -0.1) is 24.0 Å². The van der Waals surface area contributed by atoms with Crippen LogP contribution in [0.5, 0.6) is 0 Å². The van der Waals surface area contributed by atoms with Gasteiger partial charge in [0, 0.05) is 25.2 Å². The lowest BCUT2D eigenvalue weighted by molar-refractivity contribution is -0.121. The van der Waals surface area contributed by atoms with Gasteiger partial charge < -0.3 is 15.5 Å². The second-order valence-corrected chi connectivity index (χ2v) is 6.66. The minimum atomic E-state index is -0.204. The maximum absolute atomic E-state index is 11.9. The highest BCUT2D eigenvalue weighted by molar-refractivity contribution is 14.0. The van der Waals surface area contributed by atoms with Crippen molar-refractivity contribution < 1.29 is 4.79 Å². The van der Waals surface area contributed by atoms with E-state index >= 15 is 0 Å². The van der Waals surface area contributed by atoms with Crippen molar-refractivity contribution in [3.8, 4) is 0 Å². The first-order chi connectivity index (χ1) is 9.31. The second kappa shape index (κ2) is 9.48. The third-order valence-electron chi connectivity index (χ3n) is 3.18. The van der Waals surface area contributed by atoms with Crippen LogP contribution in [-0.4, -0.2) is 48.5 Å². The zero-order valence-electron chi connectivity index (χ0n) is 14.0. The van der Waals surface area contributed by atoms with Gasteiger partial charge >= 0.3 is 0 Å². The molecule has 0 saturated carbocycles. The van der Waals surface area contributed by atoms with Crippen LogP contribution in [0, 0.1) is 5.92 Å². The third kappa shape index (κ3) is 8.48. The average Bonchev–Trinajstić information content (AvgIpc) is 2.32. The Morgan fingerprint density at radius 2 is 2.05 bits per heavy atom. The smallest absolute Gasteiger partial charge is 0.242 e. The number of hydrogen-bond acceptors (Lipinski definition) is 2. The molecule has 0 spiro atoms. The maximum atomic E-state index is 11.9. The molecule has 124 valence electrons. The summed E-state index contributed by atoms with van der Waals surface area (Å²) in [5.41, 5.74) is -0.204. The topological polar surface area (TPSA) is 56.7 Å². The van der Waals surface area contributed by atoms with Gasteiger partial charge in [-0.1, -0.05) is 6.92 Å². The molecule has 21 heavy (non-hydrogen) atoms. The lowest BCUT2D eigenvalue weighted by Gasteiger charge is -2.33. The van der Waals surface area contributed by atoms with Gasteiger partial charge in [0.1, 0.15) is 6.54 Å². The number of aliphatic imine (C=N–C) groups is 1. The van der Waals surface area contributed by atoms with Gasteiger partial charge in [-0.05, 0) is 46.5 Å². The van der Waals surface area contributed by atoms with Crippen molar-refractivity contribution in [3.63, 3.8) is 0 Å². The molecule has 6 heteroatoms. The number of amides is 1. The number of guanidine groups is 1. The van der Waals surface area contributed by atoms with E-state index < -0.39 is 0 Å². The lowest BCUT2D eigenvalue weighted by Crippen LogP contribution is -2.47. The van der Waals surface area contributed by atoms with Crippen molar-refractivity contribution in [2.75, 3.05) is 26.2 Å². The van der Waals surface area contributed by atoms with Gasteiger partial charge in [-0.25, -0.2) is 4.99 Å². The Bertz CT molecular complexity index is 352. The van der Waals surface area contributed by atoms with Gasteiger partial charge in [0.15, 0.2) is 5.96 Å². The number of carbonyl (C=O) groups excluding carboxylic acids is 1. The molecule has 1 atom stereocenters. The van der Waals surface area contributed by atoms with E-state index in [0.29, 0.717) is 5.92 Å². The van der Waals surface area contributed by atoms with Crippen LogP contribution in [0.3, 0.4) is 0 Å². The molecule has 0 radical (unpaired) electrons. The van der Waals surface area contributed by atoms with Crippen molar-refractivity contribution in [2.45, 2.75) is 53.0 Å². The van der Waals surface area contributed by atoms with Gasteiger partial charge in [0.05, 0.1) is 0 Å². The minimum Gasteiger partial charge on any atom is -0.357 e. The quantitative estimate of drug-likeness (QED) is 0.426. The summed E-state index contributed by atoms with van der Waals surface area (Å²) in [6.07, 6.45) is 2.47. The first kappa shape index (κ1) is 20.5. The first-order valence-electron chi connectivity index (χ1n) is 7.66. The maximum Gasteiger partial charge on any atom is 0.242 e. The average molecular weight is 410 g/mol. The summed E-state index contributed by atoms with van der Waals surface area (Å²) in [7, 11) is 0. The molecule has 0 aromatic carbocycles. The molecule has 1 amide bonds. The van der Waals surface area contributed by atoms with Crippen LogP contribution >= 0.6 is 24.0 Å². The van der Waals surface area contributed by atoms with Gasteiger partial charge in [0.25, 0.3) is 0 Å². The van der Waals surface area contributed by atoms with E-state index in [1.165, 1.54) is 12.8 Å². The summed E-state index contributed by atoms with van der Waals surface area (Å²) in [6.45, 7) is 13.3. The molecule has 1 aliphatic heterocycles. The third-order valence-corrected chi connectivity index (χ3v) is 3.18. The van der Waals surface area contributed by atoms with Crippen molar-refractivity contribution in [3.05, 3.63) is 0 Å². The predicted molar refractivity (Wildman–Crippen MR) is 99.3 cm³/mol. The van der Waals surface area contributed by atoms with Crippen molar-refractivity contribution in [2.24, 2.45) is 10.9 Å². The predicted octanol–water partition coefficient (Wildman–Crippen LogP) is 2.22. The van der Waals surface area contributed by atoms with Crippen LogP contribution in [0.2, 0.25) is 0 Å². The van der Waals surface area contributed by atoms with Gasteiger partial charge in [-0.2, -0.15) is 0 Å². The minimum absolute atomic E-state index is 0. The number of nitrogens with one attached hydrogen (secondary N) is 2. The Balaban J connectivity index is 0.00000400. The Hall–Kier alpha value is -0.530. The van der Waals surface area contributed by atoms with E-state index in [4.69, 9.17) is 0 Å². The van der Waals surface area contributed by atoms with Gasteiger partial charge in [0.2, 0.25) is 5.91 Å². The number of piperidine rings is 1. The highest BCUT2D eigenvalue weighted by Gasteiger charge is 2.20. The zero-order valence-corrected chi connectivity index (χ0v) is 16.4. The van der Waals surface area contributed by atoms with E-state index in [1.54, 1.807) is 0 Å². The number of likely N-dealkylation sites (tertiary alicyclic amines) is 1. The molecule has 1 fully saturated rings. The summed E-state index contributed by atoms with van der Waals surface area (Å²) < 4.78 is 0. The SMILES string of the molecule is CCNC(=NCC(=O)NC(C)(C)C)N1CCCC(C)C1.I. The number of rotatable bonds is 3. The van der Waals surface area contributed by atoms with Crippen LogP contribution in [0.1, 0.15) is 47.5 Å². The summed E-state index contributed by atoms with van der Waals surface area (Å²) in [6, 6.07) is 0. The molecule has 0 bridgehead atoms. The van der Waals surface area contributed by atoms with Crippen molar-refractivity contribution >= 4 is 35.8 Å². The molecule has 1 saturated heterocycles. The molecule has 1 aliphatic rings. The summed E-state index contributed by atoms with van der Waals surface area (Å²) in [5.74, 6) is 1.53. The number of nitrogens with zero attached hydrogens (tertiary/aromatic N) is 2. The fourth-order valence-electron chi connectivity index (χ4n) is 2.41. The molecule has 1 rings (SSSR count). The number of hydrogen-bond donors (Lipinski definition) is 2. The highest BCUT2D eigenvalue weighted by atomic mass is 127. The molecular formula is C15H31IN4O. The van der Waals surface area contributed by atoms with E-state index in [1.807, 2.05) is 20.8 Å². The standard InChI is InChI=1S/C15H30N4O.HI/c1-6-16-14(19-9-7-8-12(2)11-19)17-10-13(20)18-15(3,4)5;/h12H,6-11H2,1-5H3,(H,16,17)(H,18,20);1H. The van der Waals surface area contributed by atoms with E-state index in [-0.39, 0.29) is 42.0 Å². The zero-order chi connectivity index (χ0) is 15.2. The molecule has 5 nitrogen and oxygen atoms in total. The first-order valence-corrected chi connectivity index (χ1v) is 7.66. The number of halogens is 1. The van der Waals surface area contributed by atoms with E-state index in [0.717, 1.165) is 25.6 Å². The van der Waals surface area contributed by atoms with E-state index in [9.17, 15) is 4.79 Å². The van der Waals surface area contributed by atoms with Crippen molar-refractivity contribution in [1.82, 2.24) is 15.5 Å². The fraction of sp³-hybridized carbons (Fsp3) is 0.867. The molecule has 2 N–H and O–H groups in total. The summed E-state index contributed by atoms with van der Waals surface area (Å²) in [5, 5.41) is 6.22. The normalized spacial score (nSPS) is 19.8. The van der Waals surface area contributed by atoms with Crippen LogP contribution in [0.15, 0.2) is 4.99 Å². The molecule has 0 aromatic heterocycles. The van der Waals surface area contributed by atoms with Crippen LogP contribution in [-0.2, 0) is 4.79 Å².